The van der Waals surface area contributed by atoms with E-state index >= 15 is 0 Å². The minimum absolute atomic E-state index is 0.659. The third-order valence-electron chi connectivity index (χ3n) is 7.48. The average molecular weight is 599 g/mol. The first-order chi connectivity index (χ1) is 20.9. The Morgan fingerprint density at radius 2 is 0.762 bits per heavy atom. The molecule has 0 fully saturated rings. The van der Waals surface area contributed by atoms with Crippen molar-refractivity contribution in [2.75, 3.05) is 26.4 Å². The molecule has 218 valence electrons. The van der Waals surface area contributed by atoms with Crippen molar-refractivity contribution < 1.29 is 18.9 Å². The fraction of sp³-hybridized carbons (Fsp3) is 0.333. The second-order valence-corrected chi connectivity index (χ2v) is 12.3. The highest BCUT2D eigenvalue weighted by atomic mass is 32.1. The van der Waals surface area contributed by atoms with Gasteiger partial charge in [-0.2, -0.15) is 0 Å². The molecule has 4 aromatic rings. The Bertz CT molecular complexity index is 1330. The number of hydrogen-bond donors (Lipinski definition) is 0. The van der Waals surface area contributed by atoms with Gasteiger partial charge in [-0.15, -0.1) is 22.7 Å². The fourth-order valence-corrected chi connectivity index (χ4v) is 7.40. The second-order valence-electron chi connectivity index (χ2n) is 10.5. The smallest absolute Gasteiger partial charge is 0.130 e. The van der Waals surface area contributed by atoms with E-state index in [0.717, 1.165) is 96.6 Å². The van der Waals surface area contributed by atoms with E-state index in [1.807, 2.05) is 12.1 Å². The summed E-state index contributed by atoms with van der Waals surface area (Å²) in [5.41, 5.74) is 4.33. The van der Waals surface area contributed by atoms with Gasteiger partial charge in [-0.05, 0) is 98.5 Å². The van der Waals surface area contributed by atoms with Gasteiger partial charge in [-0.3, -0.25) is 0 Å². The minimum atomic E-state index is 0.659. The van der Waals surface area contributed by atoms with Crippen molar-refractivity contribution >= 4 is 22.7 Å². The number of rotatable bonds is 0. The number of ether oxygens (including phenoxy) is 4. The number of hydrogen-bond acceptors (Lipinski definition) is 6. The average Bonchev–Trinajstić information content (AvgIpc) is 3.68. The molecule has 0 amide bonds. The Kier molecular flexibility index (Phi) is 9.96. The van der Waals surface area contributed by atoms with Crippen molar-refractivity contribution in [1.29, 1.82) is 0 Å². The summed E-state index contributed by atoms with van der Waals surface area (Å²) in [5, 5.41) is 4.35. The third-order valence-corrected chi connectivity index (χ3v) is 9.47. The van der Waals surface area contributed by atoms with Gasteiger partial charge in [0, 0.05) is 11.1 Å². The van der Waals surface area contributed by atoms with Gasteiger partial charge in [0.1, 0.15) is 23.0 Å². The Hall–Kier alpha value is -3.48. The van der Waals surface area contributed by atoms with Gasteiger partial charge >= 0.3 is 0 Å². The van der Waals surface area contributed by atoms with Crippen molar-refractivity contribution in [3.05, 3.63) is 83.6 Å². The molecule has 0 radical (unpaired) electrons. The molecule has 42 heavy (non-hydrogen) atoms. The van der Waals surface area contributed by atoms with Crippen molar-refractivity contribution in [2.24, 2.45) is 0 Å². The molecule has 0 spiro atoms. The van der Waals surface area contributed by atoms with Crippen LogP contribution in [0, 0.1) is 0 Å². The molecule has 0 atom stereocenters. The van der Waals surface area contributed by atoms with Gasteiger partial charge < -0.3 is 18.9 Å². The second kappa shape index (κ2) is 14.6. The van der Waals surface area contributed by atoms with Gasteiger partial charge in [0.2, 0.25) is 0 Å². The summed E-state index contributed by atoms with van der Waals surface area (Å²) in [5.74, 6) is 3.49. The van der Waals surface area contributed by atoms with Gasteiger partial charge in [0.25, 0.3) is 0 Å². The molecule has 6 rings (SSSR count). The van der Waals surface area contributed by atoms with Crippen LogP contribution in [0.3, 0.4) is 0 Å². The van der Waals surface area contributed by atoms with Crippen molar-refractivity contribution in [1.82, 2.24) is 0 Å². The first-order valence-electron chi connectivity index (χ1n) is 15.1. The van der Waals surface area contributed by atoms with Crippen LogP contribution >= 0.6 is 22.7 Å². The first kappa shape index (κ1) is 28.6. The number of benzene rings is 2. The zero-order chi connectivity index (χ0) is 28.4. The summed E-state index contributed by atoms with van der Waals surface area (Å²) >= 11 is 3.51. The van der Waals surface area contributed by atoms with Crippen LogP contribution in [0.25, 0.3) is 32.0 Å². The zero-order valence-corrected chi connectivity index (χ0v) is 25.7. The van der Waals surface area contributed by atoms with E-state index in [0.29, 0.717) is 26.4 Å². The van der Waals surface area contributed by atoms with Gasteiger partial charge in [-0.1, -0.05) is 36.4 Å². The van der Waals surface area contributed by atoms with Crippen LogP contribution in [0.4, 0.5) is 0 Å². The van der Waals surface area contributed by atoms with E-state index in [2.05, 4.69) is 71.5 Å². The van der Waals surface area contributed by atoms with Crippen LogP contribution in [-0.4, -0.2) is 26.4 Å². The van der Waals surface area contributed by atoms with E-state index in [1.54, 1.807) is 22.7 Å². The molecule has 2 aromatic heterocycles. The molecule has 0 unspecified atom stereocenters. The summed E-state index contributed by atoms with van der Waals surface area (Å²) in [6, 6.07) is 16.8. The Labute approximate surface area is 257 Å². The monoisotopic (exact) mass is 598 g/mol. The minimum Gasteiger partial charge on any atom is -0.493 e. The molecular weight excluding hydrogens is 561 g/mol. The van der Waals surface area contributed by atoms with Crippen LogP contribution in [-0.2, 0) is 0 Å². The predicted octanol–water partition coefficient (Wildman–Crippen LogP) is 10.6. The van der Waals surface area contributed by atoms with E-state index in [-0.39, 0.29) is 0 Å². The van der Waals surface area contributed by atoms with E-state index in [9.17, 15) is 0 Å². The summed E-state index contributed by atoms with van der Waals surface area (Å²) in [7, 11) is 0. The van der Waals surface area contributed by atoms with Crippen molar-refractivity contribution in [3.8, 4) is 55.0 Å². The zero-order valence-electron chi connectivity index (χ0n) is 24.0. The Morgan fingerprint density at radius 1 is 0.429 bits per heavy atom. The highest BCUT2D eigenvalue weighted by Crippen LogP contribution is 2.52. The maximum atomic E-state index is 6.47. The lowest BCUT2D eigenvalue weighted by molar-refractivity contribution is 0.297. The molecule has 0 N–H and O–H groups in total. The van der Waals surface area contributed by atoms with Gasteiger partial charge in [0.15, 0.2) is 0 Å². The molecule has 0 saturated heterocycles. The molecule has 4 heterocycles. The Morgan fingerprint density at radius 3 is 1.10 bits per heavy atom. The lowest BCUT2D eigenvalue weighted by Gasteiger charge is -2.19. The molecule has 2 bridgehead atoms. The van der Waals surface area contributed by atoms with Crippen LogP contribution in [0.2, 0.25) is 0 Å². The van der Waals surface area contributed by atoms with Gasteiger partial charge in [-0.25, -0.2) is 0 Å². The standard InChI is InChI=1S/C36H38O4S2/c1-2-6-10-22-38-30-16-14-18-32-34(30)28-20-26-42-36(28)35-27(19-25-41-35)33-29(37-21-9-5-1)15-13-17-31(33)39-23-11-7-3-4-8-12-24-40-32/h1-4,13-20,25-26H,5-12,21-24H2/b2-1+,4-3+. The van der Waals surface area contributed by atoms with Crippen LogP contribution in [0.5, 0.6) is 23.0 Å². The number of allylic oxidation sites excluding steroid dienone is 4. The van der Waals surface area contributed by atoms with Crippen LogP contribution < -0.4 is 18.9 Å². The highest BCUT2D eigenvalue weighted by molar-refractivity contribution is 7.21. The molecule has 2 aromatic carbocycles. The molecule has 0 aliphatic carbocycles. The predicted molar refractivity (Wildman–Crippen MR) is 176 cm³/mol. The SMILES string of the molecule is C1=C/CCCOc2cccc3c2-c2ccsc2-c2sccc2-c2c(cccc2OCCC/C=C/CCCO3)OCCC/1. The molecule has 4 nitrogen and oxygen atoms in total. The highest BCUT2D eigenvalue weighted by Gasteiger charge is 2.24. The Balaban J connectivity index is 1.52. The lowest BCUT2D eigenvalue weighted by Crippen LogP contribution is -2.03. The number of thiophene rings is 2. The van der Waals surface area contributed by atoms with Crippen LogP contribution in [0.1, 0.15) is 51.4 Å². The van der Waals surface area contributed by atoms with Gasteiger partial charge in [0.05, 0.1) is 47.3 Å². The van der Waals surface area contributed by atoms with E-state index in [4.69, 9.17) is 18.9 Å². The maximum absolute atomic E-state index is 6.47. The summed E-state index contributed by atoms with van der Waals surface area (Å²) < 4.78 is 25.9. The third kappa shape index (κ3) is 6.77. The summed E-state index contributed by atoms with van der Waals surface area (Å²) in [6.07, 6.45) is 16.9. The summed E-state index contributed by atoms with van der Waals surface area (Å²) in [4.78, 5) is 2.41. The molecule has 2 aliphatic rings. The lowest BCUT2D eigenvalue weighted by atomic mass is 9.99. The largest absolute Gasteiger partial charge is 0.493 e. The maximum Gasteiger partial charge on any atom is 0.130 e. The van der Waals surface area contributed by atoms with Crippen LogP contribution in [0.15, 0.2) is 83.6 Å². The summed E-state index contributed by atoms with van der Waals surface area (Å²) in [6.45, 7) is 2.64. The topological polar surface area (TPSA) is 36.9 Å². The first-order valence-corrected chi connectivity index (χ1v) is 16.9. The van der Waals surface area contributed by atoms with E-state index < -0.39 is 0 Å². The molecule has 6 heteroatoms. The quantitative estimate of drug-likeness (QED) is 0.189. The van der Waals surface area contributed by atoms with Crippen molar-refractivity contribution in [3.63, 3.8) is 0 Å². The normalized spacial score (nSPS) is 18.0. The van der Waals surface area contributed by atoms with Crippen molar-refractivity contribution in [2.45, 2.75) is 51.4 Å². The molecule has 0 saturated carbocycles. The van der Waals surface area contributed by atoms with E-state index in [1.165, 1.54) is 9.75 Å². The molecule has 2 aliphatic heterocycles. The fourth-order valence-electron chi connectivity index (χ4n) is 5.40. The molecular formula is C36H38O4S2.